The fourth-order valence-corrected chi connectivity index (χ4v) is 3.51. The second-order valence-corrected chi connectivity index (χ2v) is 6.90. The molecule has 1 unspecified atom stereocenters. The number of phenolic OH excluding ortho intramolecular Hbond substituents is 1. The lowest BCUT2D eigenvalue weighted by Gasteiger charge is -2.25. The van der Waals surface area contributed by atoms with Gasteiger partial charge in [0, 0.05) is 17.2 Å². The van der Waals surface area contributed by atoms with E-state index in [1.165, 1.54) is 24.3 Å². The highest BCUT2D eigenvalue weighted by Gasteiger charge is 2.53. The zero-order valence-electron chi connectivity index (χ0n) is 15.9. The molecule has 0 aliphatic carbocycles. The van der Waals surface area contributed by atoms with E-state index in [2.05, 4.69) is 17.9 Å². The van der Waals surface area contributed by atoms with Gasteiger partial charge in [0.25, 0.3) is 5.91 Å². The van der Waals surface area contributed by atoms with Crippen molar-refractivity contribution in [3.8, 4) is 17.2 Å². The molecule has 0 bridgehead atoms. The van der Waals surface area contributed by atoms with Crippen molar-refractivity contribution >= 4 is 11.6 Å². The van der Waals surface area contributed by atoms with Crippen LogP contribution in [0.2, 0.25) is 0 Å². The van der Waals surface area contributed by atoms with Gasteiger partial charge >= 0.3 is 6.18 Å². The smallest absolute Gasteiger partial charge is 0.448 e. The van der Waals surface area contributed by atoms with Gasteiger partial charge < -0.3 is 29.3 Å². The van der Waals surface area contributed by atoms with Crippen molar-refractivity contribution in [2.45, 2.75) is 11.8 Å². The molecule has 162 valence electrons. The van der Waals surface area contributed by atoms with E-state index >= 15 is 0 Å². The Bertz CT molecular complexity index is 1110. The molecule has 0 spiro atoms. The van der Waals surface area contributed by atoms with Crippen LogP contribution < -0.4 is 14.4 Å². The maximum atomic E-state index is 13.3. The molecule has 2 N–H and O–H groups in total. The van der Waals surface area contributed by atoms with E-state index in [1.54, 1.807) is 12.1 Å². The number of ether oxygens (including phenoxy) is 3. The van der Waals surface area contributed by atoms with Crippen LogP contribution in [0.15, 0.2) is 61.1 Å². The Morgan fingerprint density at radius 3 is 2.48 bits per heavy atom. The van der Waals surface area contributed by atoms with E-state index in [0.717, 1.165) is 4.90 Å². The third kappa shape index (κ3) is 3.25. The molecule has 0 radical (unpaired) electrons. The van der Waals surface area contributed by atoms with E-state index in [0.29, 0.717) is 0 Å². The summed E-state index contributed by atoms with van der Waals surface area (Å²) in [5, 5.41) is 21.9. The quantitative estimate of drug-likeness (QED) is 0.701. The number of para-hydroxylation sites is 1. The molecule has 2 heterocycles. The fraction of sp³-hybridized carbons (Fsp3) is 0.190. The molecular formula is C21H16F3NO6. The molecule has 0 fully saturated rings. The van der Waals surface area contributed by atoms with Crippen molar-refractivity contribution in [2.75, 3.05) is 18.2 Å². The van der Waals surface area contributed by atoms with Crippen LogP contribution in [-0.4, -0.2) is 35.6 Å². The van der Waals surface area contributed by atoms with Gasteiger partial charge in [-0.1, -0.05) is 31.4 Å². The van der Waals surface area contributed by atoms with Gasteiger partial charge in [0.1, 0.15) is 11.5 Å². The molecule has 2 aromatic carbocycles. The van der Waals surface area contributed by atoms with Crippen LogP contribution in [0.3, 0.4) is 0 Å². The predicted octanol–water partition coefficient (Wildman–Crippen LogP) is 3.31. The van der Waals surface area contributed by atoms with Crippen LogP contribution in [0.4, 0.5) is 18.9 Å². The fourth-order valence-electron chi connectivity index (χ4n) is 3.51. The maximum absolute atomic E-state index is 13.3. The largest absolute Gasteiger partial charge is 0.507 e. The zero-order chi connectivity index (χ0) is 22.6. The normalized spacial score (nSPS) is 19.4. The molecule has 0 aromatic heterocycles. The number of allylic oxidation sites excluding steroid dienone is 1. The lowest BCUT2D eigenvalue weighted by Crippen LogP contribution is -2.42. The average Bonchev–Trinajstić information content (AvgIpc) is 3.24. The Kier molecular flexibility index (Phi) is 4.62. The van der Waals surface area contributed by atoms with Crippen LogP contribution in [0.5, 0.6) is 17.2 Å². The number of carbonyl (C=O) groups is 1. The van der Waals surface area contributed by atoms with Crippen molar-refractivity contribution in [3.63, 3.8) is 0 Å². The Balaban J connectivity index is 1.72. The maximum Gasteiger partial charge on any atom is 0.448 e. The number of hydrogen-bond donors (Lipinski definition) is 2. The zero-order valence-corrected chi connectivity index (χ0v) is 15.9. The first-order chi connectivity index (χ1) is 14.5. The SMILES string of the molecule is C=C(CN1C(=O)C(O)(c2cc3c(cc2O)OCO3)c2ccccc21)OC(=C)C(F)(F)F. The number of carbonyl (C=O) groups excluding carboxylic acids is 1. The molecular weight excluding hydrogens is 419 g/mol. The van der Waals surface area contributed by atoms with Gasteiger partial charge in [-0.15, -0.1) is 0 Å². The van der Waals surface area contributed by atoms with Gasteiger partial charge in [-0.05, 0) is 12.1 Å². The molecule has 0 saturated heterocycles. The van der Waals surface area contributed by atoms with Crippen LogP contribution >= 0.6 is 0 Å². The Hall–Kier alpha value is -3.66. The number of fused-ring (bicyclic) bond motifs is 2. The monoisotopic (exact) mass is 435 g/mol. The van der Waals surface area contributed by atoms with Gasteiger partial charge in [-0.3, -0.25) is 4.79 Å². The van der Waals surface area contributed by atoms with Gasteiger partial charge in [0.05, 0.1) is 12.2 Å². The van der Waals surface area contributed by atoms with E-state index in [1.807, 2.05) is 0 Å². The van der Waals surface area contributed by atoms with Crippen molar-refractivity contribution < 1.29 is 42.4 Å². The topological polar surface area (TPSA) is 88.5 Å². The second kappa shape index (κ2) is 6.95. The number of aromatic hydroxyl groups is 1. The number of alkyl halides is 3. The highest BCUT2D eigenvalue weighted by Crippen LogP contribution is 2.50. The molecule has 1 amide bonds. The molecule has 2 aliphatic heterocycles. The molecule has 2 aromatic rings. The Labute approximate surface area is 174 Å². The minimum Gasteiger partial charge on any atom is -0.507 e. The summed E-state index contributed by atoms with van der Waals surface area (Å²) in [5.41, 5.74) is -2.16. The molecule has 10 heteroatoms. The minimum atomic E-state index is -4.80. The third-order valence-corrected chi connectivity index (χ3v) is 4.94. The first-order valence-corrected chi connectivity index (χ1v) is 8.92. The Morgan fingerprint density at radius 2 is 1.81 bits per heavy atom. The number of halogens is 3. The van der Waals surface area contributed by atoms with E-state index in [4.69, 9.17) is 9.47 Å². The minimum absolute atomic E-state index is 0.0897. The highest BCUT2D eigenvalue weighted by atomic mass is 19.4. The van der Waals surface area contributed by atoms with E-state index in [9.17, 15) is 28.2 Å². The summed E-state index contributed by atoms with van der Waals surface area (Å²) in [4.78, 5) is 14.3. The highest BCUT2D eigenvalue weighted by molar-refractivity contribution is 6.09. The summed E-state index contributed by atoms with van der Waals surface area (Å²) in [6.45, 7) is 5.65. The lowest BCUT2D eigenvalue weighted by molar-refractivity contribution is -0.132. The van der Waals surface area contributed by atoms with Gasteiger partial charge in [0.2, 0.25) is 18.2 Å². The summed E-state index contributed by atoms with van der Waals surface area (Å²) in [7, 11) is 0. The van der Waals surface area contributed by atoms with Gasteiger partial charge in [-0.2, -0.15) is 13.2 Å². The number of nitrogens with zero attached hydrogens (tertiary/aromatic N) is 1. The molecule has 1 atom stereocenters. The lowest BCUT2D eigenvalue weighted by atomic mass is 9.86. The van der Waals surface area contributed by atoms with E-state index in [-0.39, 0.29) is 35.1 Å². The predicted molar refractivity (Wildman–Crippen MR) is 101 cm³/mol. The van der Waals surface area contributed by atoms with Crippen molar-refractivity contribution in [2.24, 2.45) is 0 Å². The molecule has 31 heavy (non-hydrogen) atoms. The third-order valence-electron chi connectivity index (χ3n) is 4.94. The summed E-state index contributed by atoms with van der Waals surface area (Å²) < 4.78 is 53.2. The number of aliphatic hydroxyl groups is 1. The van der Waals surface area contributed by atoms with Crippen LogP contribution in [0, 0.1) is 0 Å². The number of amides is 1. The number of anilines is 1. The standard InChI is InChI=1S/C21H16F3NO6/c1-11(31-12(2)21(22,23)24)9-25-15-6-4-3-5-13(15)20(28,19(25)27)14-7-17-18(8-16(14)26)30-10-29-17/h3-8,26,28H,1-2,9-10H2. The van der Waals surface area contributed by atoms with E-state index < -0.39 is 41.5 Å². The number of benzene rings is 2. The first-order valence-electron chi connectivity index (χ1n) is 8.92. The van der Waals surface area contributed by atoms with Crippen LogP contribution in [0.1, 0.15) is 11.1 Å². The summed E-state index contributed by atoms with van der Waals surface area (Å²) in [5.74, 6) is -2.76. The number of phenols is 1. The van der Waals surface area contributed by atoms with Crippen LogP contribution in [0.25, 0.3) is 0 Å². The van der Waals surface area contributed by atoms with Crippen molar-refractivity contribution in [3.05, 3.63) is 72.2 Å². The van der Waals surface area contributed by atoms with Crippen molar-refractivity contribution in [1.29, 1.82) is 0 Å². The second-order valence-electron chi connectivity index (χ2n) is 6.90. The molecule has 7 nitrogen and oxygen atoms in total. The van der Waals surface area contributed by atoms with Crippen LogP contribution in [-0.2, 0) is 15.1 Å². The average molecular weight is 435 g/mol. The first kappa shape index (κ1) is 20.6. The summed E-state index contributed by atoms with van der Waals surface area (Å²) in [6.07, 6.45) is -4.80. The number of rotatable bonds is 5. The molecule has 4 rings (SSSR count). The molecule has 0 saturated carbocycles. The van der Waals surface area contributed by atoms with Crippen molar-refractivity contribution in [1.82, 2.24) is 0 Å². The van der Waals surface area contributed by atoms with Gasteiger partial charge in [0.15, 0.2) is 11.5 Å². The summed E-state index contributed by atoms with van der Waals surface area (Å²) in [6, 6.07) is 8.62. The Morgan fingerprint density at radius 1 is 1.16 bits per heavy atom. The molecule has 2 aliphatic rings. The number of hydrogen-bond acceptors (Lipinski definition) is 6. The van der Waals surface area contributed by atoms with Gasteiger partial charge in [-0.25, -0.2) is 0 Å². The summed E-state index contributed by atoms with van der Waals surface area (Å²) >= 11 is 0.